The summed E-state index contributed by atoms with van der Waals surface area (Å²) in [5.41, 5.74) is 5.07. The third-order valence-electron chi connectivity index (χ3n) is 7.78. The van der Waals surface area contributed by atoms with Gasteiger partial charge in [-0.05, 0) is 72.1 Å². The van der Waals surface area contributed by atoms with Gasteiger partial charge >= 0.3 is 0 Å². The van der Waals surface area contributed by atoms with Crippen LogP contribution in [-0.2, 0) is 26.5 Å². The molecule has 0 amide bonds. The van der Waals surface area contributed by atoms with Crippen molar-refractivity contribution < 1.29 is 32.7 Å². The average Bonchev–Trinajstić information content (AvgIpc) is 3.49. The summed E-state index contributed by atoms with van der Waals surface area (Å²) in [6.07, 6.45) is 3.58. The van der Waals surface area contributed by atoms with Crippen molar-refractivity contribution in [2.45, 2.75) is 86.2 Å². The Morgan fingerprint density at radius 1 is 0.936 bits per heavy atom. The maximum absolute atomic E-state index is 8.75. The van der Waals surface area contributed by atoms with Gasteiger partial charge in [0.25, 0.3) is 0 Å². The van der Waals surface area contributed by atoms with E-state index in [0.717, 1.165) is 38.3 Å². The minimum absolute atomic E-state index is 0. The van der Waals surface area contributed by atoms with Crippen molar-refractivity contribution >= 4 is 35.3 Å². The number of hydrogen-bond donors (Lipinski definition) is 0. The molecular formula is C41H47IrN3OSi-2. The molecule has 0 saturated carbocycles. The minimum Gasteiger partial charge on any atom is -0.486 e. The van der Waals surface area contributed by atoms with Crippen LogP contribution < -0.4 is 5.19 Å². The summed E-state index contributed by atoms with van der Waals surface area (Å²) >= 11 is 0. The monoisotopic (exact) mass is 824 g/mol. The molecule has 0 saturated heterocycles. The second-order valence-electron chi connectivity index (χ2n) is 13.5. The number of fused-ring (bicyclic) bond motifs is 3. The Hall–Kier alpha value is -3.44. The summed E-state index contributed by atoms with van der Waals surface area (Å²) < 4.78 is 54.9. The molecule has 1 radical (unpaired) electrons. The topological polar surface area (TPSA) is 51.8 Å². The van der Waals surface area contributed by atoms with Crippen LogP contribution in [0.1, 0.15) is 78.4 Å². The Labute approximate surface area is 304 Å². The van der Waals surface area contributed by atoms with Gasteiger partial charge in [0.05, 0.1) is 13.7 Å². The summed E-state index contributed by atoms with van der Waals surface area (Å²) in [5, 5.41) is 2.67. The molecule has 0 aliphatic rings. The quantitative estimate of drug-likeness (QED) is 0.119. The molecule has 0 atom stereocenters. The largest absolute Gasteiger partial charge is 0.486 e. The number of aryl methyl sites for hydroxylation is 1. The first-order valence-corrected chi connectivity index (χ1v) is 19.4. The molecule has 4 aromatic heterocycles. The van der Waals surface area contributed by atoms with Crippen LogP contribution in [0.3, 0.4) is 0 Å². The molecule has 0 bridgehead atoms. The Kier molecular flexibility index (Phi) is 9.23. The zero-order valence-corrected chi connectivity index (χ0v) is 31.9. The van der Waals surface area contributed by atoms with Crippen molar-refractivity contribution in [1.82, 2.24) is 15.0 Å². The first-order chi connectivity index (χ1) is 24.2. The molecule has 6 rings (SSSR count). The number of pyridine rings is 3. The first kappa shape index (κ1) is 28.6. The van der Waals surface area contributed by atoms with Gasteiger partial charge in [0.2, 0.25) is 5.71 Å². The van der Waals surface area contributed by atoms with Gasteiger partial charge in [0, 0.05) is 51.8 Å². The molecule has 0 aliphatic carbocycles. The van der Waals surface area contributed by atoms with Crippen LogP contribution in [0.4, 0.5) is 0 Å². The van der Waals surface area contributed by atoms with Gasteiger partial charge in [-0.25, -0.2) is 4.98 Å². The molecule has 0 spiro atoms. The van der Waals surface area contributed by atoms with Crippen LogP contribution in [0.25, 0.3) is 44.6 Å². The summed E-state index contributed by atoms with van der Waals surface area (Å²) in [6, 6.07) is 26.7. The first-order valence-electron chi connectivity index (χ1n) is 18.9. The normalized spacial score (nSPS) is 14.5. The van der Waals surface area contributed by atoms with Crippen molar-refractivity contribution in [3.8, 4) is 22.5 Å². The second kappa shape index (κ2) is 15.2. The zero-order chi connectivity index (χ0) is 38.3. The number of rotatable bonds is 7. The molecule has 0 N–H and O–H groups in total. The van der Waals surface area contributed by atoms with E-state index in [1.807, 2.05) is 89.3 Å². The molecule has 6 heteroatoms. The second-order valence-corrected chi connectivity index (χ2v) is 18.5. The van der Waals surface area contributed by atoms with E-state index < -0.39 is 32.6 Å². The van der Waals surface area contributed by atoms with Crippen molar-refractivity contribution in [3.63, 3.8) is 0 Å². The molecule has 4 heterocycles. The Morgan fingerprint density at radius 3 is 2.38 bits per heavy atom. The standard InChI is InChI=1S/C22H21N2O.C19H26NSi.Ir/c1-4-15(5-2)16-11-12-23-20(13-16)19-8-6-7-17-18-10-9-14(3)24-22(18)25-21(17)19;1-19(2,3)13-16-12-17(15-10-8-7-9-11-15)20-14-18(16)21(4,5)6;/h6-7,9-13,15H,4-5H2,1-3H3;7-10,12,14H,13H2,1-6H3;/q2*-1;/i3D3,15D;13D2;. The van der Waals surface area contributed by atoms with E-state index in [1.165, 1.54) is 6.07 Å². The number of hydrogen-bond acceptors (Lipinski definition) is 4. The molecular weight excluding hydrogens is 771 g/mol. The van der Waals surface area contributed by atoms with Crippen molar-refractivity contribution in [2.75, 3.05) is 0 Å². The van der Waals surface area contributed by atoms with Crippen LogP contribution in [0.2, 0.25) is 19.6 Å². The van der Waals surface area contributed by atoms with Gasteiger partial charge in [-0.15, -0.1) is 54.1 Å². The fourth-order valence-electron chi connectivity index (χ4n) is 5.52. The van der Waals surface area contributed by atoms with Crippen LogP contribution >= 0.6 is 0 Å². The van der Waals surface area contributed by atoms with Gasteiger partial charge < -0.3 is 14.4 Å². The molecule has 0 unspecified atom stereocenters. The fourth-order valence-corrected chi connectivity index (χ4v) is 6.91. The van der Waals surface area contributed by atoms with E-state index in [0.29, 0.717) is 29.7 Å². The van der Waals surface area contributed by atoms with Crippen LogP contribution in [0, 0.1) is 24.4 Å². The third kappa shape index (κ3) is 8.73. The van der Waals surface area contributed by atoms with Gasteiger partial charge in [0.1, 0.15) is 0 Å². The smallest absolute Gasteiger partial charge is 0.216 e. The summed E-state index contributed by atoms with van der Waals surface area (Å²) in [7, 11) is -1.70. The molecule has 4 nitrogen and oxygen atoms in total. The van der Waals surface area contributed by atoms with Crippen LogP contribution in [-0.4, -0.2) is 23.0 Å². The van der Waals surface area contributed by atoms with Crippen LogP contribution in [0.15, 0.2) is 83.5 Å². The van der Waals surface area contributed by atoms with E-state index >= 15 is 0 Å². The number of benzene rings is 2. The fraction of sp³-hybridized carbons (Fsp3) is 0.341. The Balaban J connectivity index is 0.000000239. The minimum atomic E-state index is -2.30. The predicted octanol–water partition coefficient (Wildman–Crippen LogP) is 10.7. The predicted molar refractivity (Wildman–Crippen MR) is 196 cm³/mol. The Bertz CT molecular complexity index is 2190. The van der Waals surface area contributed by atoms with Crippen molar-refractivity contribution in [1.29, 1.82) is 0 Å². The molecule has 47 heavy (non-hydrogen) atoms. The van der Waals surface area contributed by atoms with Gasteiger partial charge in [0.15, 0.2) is 0 Å². The summed E-state index contributed by atoms with van der Waals surface area (Å²) in [6.45, 7) is 14.3. The van der Waals surface area contributed by atoms with Gasteiger partial charge in [-0.1, -0.05) is 88.5 Å². The van der Waals surface area contributed by atoms with E-state index in [-0.39, 0.29) is 31.5 Å². The summed E-state index contributed by atoms with van der Waals surface area (Å²) in [5.74, 6) is -0.671. The number of aromatic nitrogens is 3. The molecule has 247 valence electrons. The van der Waals surface area contributed by atoms with Gasteiger partial charge in [-0.2, -0.15) is 0 Å². The molecule has 0 aliphatic heterocycles. The maximum atomic E-state index is 8.75. The molecule has 2 aromatic carbocycles. The van der Waals surface area contributed by atoms with Crippen LogP contribution in [0.5, 0.6) is 0 Å². The third-order valence-corrected chi connectivity index (χ3v) is 9.80. The number of furan rings is 1. The maximum Gasteiger partial charge on any atom is 0.216 e. The zero-order valence-electron chi connectivity index (χ0n) is 34.5. The number of nitrogens with zero attached hydrogens (tertiary/aromatic N) is 3. The van der Waals surface area contributed by atoms with Gasteiger partial charge in [-0.3, -0.25) is 0 Å². The van der Waals surface area contributed by atoms with E-state index in [1.54, 1.807) is 18.3 Å². The molecule has 6 aromatic rings. The van der Waals surface area contributed by atoms with E-state index in [4.69, 9.17) is 12.6 Å². The van der Waals surface area contributed by atoms with E-state index in [9.17, 15) is 0 Å². The van der Waals surface area contributed by atoms with E-state index in [2.05, 4.69) is 46.7 Å². The summed E-state index contributed by atoms with van der Waals surface area (Å²) in [4.78, 5) is 13.3. The Morgan fingerprint density at radius 2 is 1.72 bits per heavy atom. The van der Waals surface area contributed by atoms with Crippen molar-refractivity contribution in [3.05, 3.63) is 108 Å². The van der Waals surface area contributed by atoms with Crippen molar-refractivity contribution in [2.24, 2.45) is 5.41 Å². The molecule has 0 fully saturated rings. The average molecular weight is 824 g/mol. The SMILES string of the molecule is [2H]C([2H])([2H])c1ccc2c(n1)oc1c(-c3cc(C([2H])(CC)CC)ccn3)[c-]ccc12.[2H]C([2H])(c1cc(-c2[c-]cccc2)ncc1[Si](C)(C)C)C(C)(C)C.[Ir].